The molecule has 0 aromatic heterocycles. The van der Waals surface area contributed by atoms with Crippen LogP contribution in [0.15, 0.2) is 12.1 Å². The maximum Gasteiger partial charge on any atom is 0.167 e. The molecule has 0 saturated carbocycles. The van der Waals surface area contributed by atoms with Crippen LogP contribution in [0.3, 0.4) is 0 Å². The smallest absolute Gasteiger partial charge is 0.167 e. The predicted molar refractivity (Wildman–Crippen MR) is 73.0 cm³/mol. The number of benzene rings is 1. The topological polar surface area (TPSA) is 76.7 Å². The Kier molecular flexibility index (Phi) is 6.38. The quantitative estimate of drug-likeness (QED) is 0.627. The third-order valence-corrected chi connectivity index (χ3v) is 2.56. The van der Waals surface area contributed by atoms with E-state index < -0.39 is 11.9 Å². The minimum atomic E-state index is -0.537. The third-order valence-electron chi connectivity index (χ3n) is 2.56. The van der Waals surface area contributed by atoms with Crippen molar-refractivity contribution in [2.24, 2.45) is 0 Å². The number of methoxy groups -OCH3 is 1. The SMILES string of the molecule is CCOc1cc(NCCC(O)COC)c(N)cc1F. The Morgan fingerprint density at radius 3 is 2.84 bits per heavy atom. The minimum Gasteiger partial charge on any atom is -0.491 e. The Bertz CT molecular complexity index is 402. The Morgan fingerprint density at radius 1 is 1.47 bits per heavy atom. The van der Waals surface area contributed by atoms with Crippen LogP contribution in [0, 0.1) is 5.82 Å². The van der Waals surface area contributed by atoms with Crippen molar-refractivity contribution in [1.82, 2.24) is 0 Å². The van der Waals surface area contributed by atoms with Crippen LogP contribution in [0.2, 0.25) is 0 Å². The van der Waals surface area contributed by atoms with Crippen LogP contribution in [-0.2, 0) is 4.74 Å². The average molecular weight is 272 g/mol. The van der Waals surface area contributed by atoms with Crippen molar-refractivity contribution >= 4 is 11.4 Å². The van der Waals surface area contributed by atoms with E-state index in [1.165, 1.54) is 19.2 Å². The summed E-state index contributed by atoms with van der Waals surface area (Å²) < 4.78 is 23.5. The Labute approximate surface area is 112 Å². The van der Waals surface area contributed by atoms with Gasteiger partial charge in [0.25, 0.3) is 0 Å². The molecule has 0 aliphatic heterocycles. The first-order valence-corrected chi connectivity index (χ1v) is 6.21. The second kappa shape index (κ2) is 7.81. The summed E-state index contributed by atoms with van der Waals surface area (Å²) in [5.74, 6) is -0.319. The van der Waals surface area contributed by atoms with Crippen molar-refractivity contribution in [3.05, 3.63) is 17.9 Å². The van der Waals surface area contributed by atoms with Crippen LogP contribution in [-0.4, -0.2) is 38.1 Å². The van der Waals surface area contributed by atoms with E-state index in [1.54, 1.807) is 6.92 Å². The van der Waals surface area contributed by atoms with Gasteiger partial charge in [-0.25, -0.2) is 4.39 Å². The Balaban J connectivity index is 2.59. The fourth-order valence-corrected chi connectivity index (χ4v) is 1.64. The molecule has 0 amide bonds. The third kappa shape index (κ3) is 4.92. The van der Waals surface area contributed by atoms with E-state index in [9.17, 15) is 9.50 Å². The second-order valence-corrected chi connectivity index (χ2v) is 4.13. The predicted octanol–water partition coefficient (Wildman–Crippen LogP) is 1.62. The lowest BCUT2D eigenvalue weighted by atomic mass is 10.2. The number of nitrogens with two attached hydrogens (primary N) is 1. The van der Waals surface area contributed by atoms with Crippen molar-refractivity contribution in [2.45, 2.75) is 19.4 Å². The molecule has 1 atom stereocenters. The molecule has 0 aliphatic carbocycles. The molecule has 0 bridgehead atoms. The highest BCUT2D eigenvalue weighted by Gasteiger charge is 2.09. The second-order valence-electron chi connectivity index (χ2n) is 4.13. The Hall–Kier alpha value is -1.53. The molecule has 6 heteroatoms. The number of hydrogen-bond acceptors (Lipinski definition) is 5. The largest absolute Gasteiger partial charge is 0.491 e. The highest BCUT2D eigenvalue weighted by Crippen LogP contribution is 2.28. The maximum atomic E-state index is 13.5. The molecule has 0 saturated heterocycles. The minimum absolute atomic E-state index is 0.164. The lowest BCUT2D eigenvalue weighted by Crippen LogP contribution is -2.18. The van der Waals surface area contributed by atoms with Gasteiger partial charge in [0.2, 0.25) is 0 Å². The zero-order chi connectivity index (χ0) is 14.3. The van der Waals surface area contributed by atoms with Crippen LogP contribution < -0.4 is 15.8 Å². The summed E-state index contributed by atoms with van der Waals surface area (Å²) in [6, 6.07) is 2.75. The van der Waals surface area contributed by atoms with E-state index in [2.05, 4.69) is 5.32 Å². The molecule has 1 rings (SSSR count). The zero-order valence-electron chi connectivity index (χ0n) is 11.3. The summed E-state index contributed by atoms with van der Waals surface area (Å²) in [4.78, 5) is 0. The van der Waals surface area contributed by atoms with Crippen LogP contribution in [0.25, 0.3) is 0 Å². The highest BCUT2D eigenvalue weighted by molar-refractivity contribution is 5.68. The number of nitrogen functional groups attached to an aromatic ring is 1. The van der Waals surface area contributed by atoms with E-state index in [4.69, 9.17) is 15.2 Å². The molecule has 0 fully saturated rings. The molecule has 108 valence electrons. The van der Waals surface area contributed by atoms with Crippen LogP contribution in [0.1, 0.15) is 13.3 Å². The van der Waals surface area contributed by atoms with E-state index >= 15 is 0 Å². The first-order chi connectivity index (χ1) is 9.08. The van der Waals surface area contributed by atoms with Gasteiger partial charge in [0, 0.05) is 25.8 Å². The van der Waals surface area contributed by atoms with Gasteiger partial charge in [-0.2, -0.15) is 0 Å². The molecule has 19 heavy (non-hydrogen) atoms. The lowest BCUT2D eigenvalue weighted by Gasteiger charge is -2.14. The average Bonchev–Trinajstić information content (AvgIpc) is 2.35. The summed E-state index contributed by atoms with van der Waals surface area (Å²) in [5, 5.41) is 12.5. The first-order valence-electron chi connectivity index (χ1n) is 6.21. The summed E-state index contributed by atoms with van der Waals surface area (Å²) in [6.07, 6.45) is -0.0280. The number of anilines is 2. The molecule has 0 heterocycles. The van der Waals surface area contributed by atoms with Gasteiger partial charge in [-0.3, -0.25) is 0 Å². The molecule has 0 radical (unpaired) electrons. The van der Waals surface area contributed by atoms with E-state index in [0.29, 0.717) is 30.9 Å². The van der Waals surface area contributed by atoms with Gasteiger partial charge in [0.05, 0.1) is 30.7 Å². The van der Waals surface area contributed by atoms with Crippen molar-refractivity contribution in [3.63, 3.8) is 0 Å². The monoisotopic (exact) mass is 272 g/mol. The van der Waals surface area contributed by atoms with Crippen LogP contribution in [0.4, 0.5) is 15.8 Å². The molecular formula is C13H21FN2O3. The molecule has 1 unspecified atom stereocenters. The van der Waals surface area contributed by atoms with E-state index in [-0.39, 0.29) is 12.4 Å². The molecule has 1 aromatic rings. The van der Waals surface area contributed by atoms with Gasteiger partial charge in [0.1, 0.15) is 0 Å². The number of hydrogen-bond donors (Lipinski definition) is 3. The number of aliphatic hydroxyl groups excluding tert-OH is 1. The van der Waals surface area contributed by atoms with Crippen molar-refractivity contribution in [3.8, 4) is 5.75 Å². The van der Waals surface area contributed by atoms with Gasteiger partial charge >= 0.3 is 0 Å². The van der Waals surface area contributed by atoms with Gasteiger partial charge in [0.15, 0.2) is 11.6 Å². The number of nitrogens with one attached hydrogen (secondary N) is 1. The fourth-order valence-electron chi connectivity index (χ4n) is 1.64. The van der Waals surface area contributed by atoms with E-state index in [1.807, 2.05) is 0 Å². The van der Waals surface area contributed by atoms with Gasteiger partial charge in [-0.1, -0.05) is 0 Å². The maximum absolute atomic E-state index is 13.5. The summed E-state index contributed by atoms with van der Waals surface area (Å²) in [5.41, 5.74) is 6.62. The fraction of sp³-hybridized carbons (Fsp3) is 0.538. The molecule has 1 aromatic carbocycles. The van der Waals surface area contributed by atoms with Gasteiger partial charge < -0.3 is 25.6 Å². The van der Waals surface area contributed by atoms with E-state index in [0.717, 1.165) is 0 Å². The molecule has 0 aliphatic rings. The summed E-state index contributed by atoms with van der Waals surface area (Å²) in [6.45, 7) is 2.95. The number of halogens is 1. The number of rotatable bonds is 8. The molecule has 0 spiro atoms. The lowest BCUT2D eigenvalue weighted by molar-refractivity contribution is 0.0615. The molecular weight excluding hydrogens is 251 g/mol. The van der Waals surface area contributed by atoms with Crippen LogP contribution >= 0.6 is 0 Å². The Morgan fingerprint density at radius 2 is 2.21 bits per heavy atom. The molecule has 4 N–H and O–H groups in total. The standard InChI is InChI=1S/C13H21FN2O3/c1-3-19-13-7-12(11(15)6-10(13)14)16-5-4-9(17)8-18-2/h6-7,9,16-17H,3-5,8,15H2,1-2H3. The van der Waals surface area contributed by atoms with Gasteiger partial charge in [-0.15, -0.1) is 0 Å². The number of aliphatic hydroxyl groups is 1. The normalized spacial score (nSPS) is 12.2. The highest BCUT2D eigenvalue weighted by atomic mass is 19.1. The molecule has 5 nitrogen and oxygen atoms in total. The first kappa shape index (κ1) is 15.5. The number of ether oxygens (including phenoxy) is 2. The summed E-state index contributed by atoms with van der Waals surface area (Å²) in [7, 11) is 1.53. The summed E-state index contributed by atoms with van der Waals surface area (Å²) >= 11 is 0. The van der Waals surface area contributed by atoms with Crippen molar-refractivity contribution in [1.29, 1.82) is 0 Å². The van der Waals surface area contributed by atoms with Crippen molar-refractivity contribution in [2.75, 3.05) is 37.9 Å². The van der Waals surface area contributed by atoms with Gasteiger partial charge in [-0.05, 0) is 13.3 Å². The van der Waals surface area contributed by atoms with Crippen molar-refractivity contribution < 1.29 is 19.0 Å². The zero-order valence-corrected chi connectivity index (χ0v) is 11.3. The van der Waals surface area contributed by atoms with Crippen LogP contribution in [0.5, 0.6) is 5.75 Å².